The topological polar surface area (TPSA) is 108 Å². The molecular formula is C15H20N2O6. The van der Waals surface area contributed by atoms with Gasteiger partial charge in [-0.3, -0.25) is 14.9 Å². The number of nitrogens with zero attached hydrogens (tertiary/aromatic N) is 1. The summed E-state index contributed by atoms with van der Waals surface area (Å²) in [5.41, 5.74) is -0.230. The van der Waals surface area contributed by atoms with Crippen LogP contribution in [-0.2, 0) is 14.3 Å². The number of ether oxygens (including phenoxy) is 2. The second kappa shape index (κ2) is 8.72. The number of carbonyl (C=O) groups excluding carboxylic acids is 2. The quantitative estimate of drug-likeness (QED) is 0.443. The number of nitrogens with one attached hydrogen (secondary N) is 1. The van der Waals surface area contributed by atoms with Crippen molar-refractivity contribution in [2.45, 2.75) is 26.3 Å². The van der Waals surface area contributed by atoms with Gasteiger partial charge in [-0.1, -0.05) is 32.4 Å². The molecule has 0 aliphatic heterocycles. The normalized spacial score (nSPS) is 12.8. The fraction of sp³-hybridized carbons (Fsp3) is 0.467. The van der Waals surface area contributed by atoms with Crippen molar-refractivity contribution in [3.05, 3.63) is 34.4 Å². The summed E-state index contributed by atoms with van der Waals surface area (Å²) in [6.07, 6.45) is 0.672. The molecule has 0 aliphatic rings. The maximum atomic E-state index is 11.9. The summed E-state index contributed by atoms with van der Waals surface area (Å²) in [4.78, 5) is 33.9. The van der Waals surface area contributed by atoms with Crippen LogP contribution in [0.25, 0.3) is 0 Å². The number of amides is 1. The minimum Gasteiger partial charge on any atom is -0.477 e. The number of methoxy groups -OCH3 is 1. The van der Waals surface area contributed by atoms with E-state index in [4.69, 9.17) is 4.74 Å². The molecule has 8 nitrogen and oxygen atoms in total. The Bertz CT molecular complexity index is 575. The van der Waals surface area contributed by atoms with Gasteiger partial charge in [-0.15, -0.1) is 0 Å². The molecular weight excluding hydrogens is 304 g/mol. The lowest BCUT2D eigenvalue weighted by Crippen LogP contribution is -2.47. The van der Waals surface area contributed by atoms with E-state index in [1.165, 1.54) is 25.3 Å². The Balaban J connectivity index is 2.69. The fourth-order valence-electron chi connectivity index (χ4n) is 1.88. The van der Waals surface area contributed by atoms with Crippen LogP contribution in [-0.4, -0.2) is 36.6 Å². The molecule has 8 heteroatoms. The van der Waals surface area contributed by atoms with Gasteiger partial charge in [-0.05, 0) is 12.0 Å². The number of nitro benzene ring substituents is 1. The van der Waals surface area contributed by atoms with E-state index in [-0.39, 0.29) is 17.4 Å². The number of nitro groups is 1. The predicted molar refractivity (Wildman–Crippen MR) is 82.0 cm³/mol. The summed E-state index contributed by atoms with van der Waals surface area (Å²) in [7, 11) is 1.24. The second-order valence-corrected chi connectivity index (χ2v) is 4.97. The highest BCUT2D eigenvalue weighted by molar-refractivity contribution is 5.85. The number of rotatable bonds is 8. The summed E-state index contributed by atoms with van der Waals surface area (Å²) in [5.74, 6) is -1.22. The SMILES string of the molecule is CC[C@@H](C)[C@@H](NC(=O)COc1ccccc1[N+](=O)[O-])C(=O)OC. The molecule has 0 unspecified atom stereocenters. The molecule has 0 radical (unpaired) electrons. The average molecular weight is 324 g/mol. The first-order chi connectivity index (χ1) is 10.9. The van der Waals surface area contributed by atoms with Crippen LogP contribution in [0.15, 0.2) is 24.3 Å². The maximum absolute atomic E-state index is 11.9. The molecule has 1 N–H and O–H groups in total. The first-order valence-corrected chi connectivity index (χ1v) is 7.14. The van der Waals surface area contributed by atoms with Crippen LogP contribution in [0, 0.1) is 16.0 Å². The smallest absolute Gasteiger partial charge is 0.328 e. The highest BCUT2D eigenvalue weighted by atomic mass is 16.6. The average Bonchev–Trinajstić information content (AvgIpc) is 2.56. The Hall–Kier alpha value is -2.64. The molecule has 126 valence electrons. The summed E-state index contributed by atoms with van der Waals surface area (Å²) in [6, 6.07) is 4.96. The van der Waals surface area contributed by atoms with Gasteiger partial charge in [-0.25, -0.2) is 4.79 Å². The Morgan fingerprint density at radius 2 is 2.00 bits per heavy atom. The number of hydrogen-bond acceptors (Lipinski definition) is 6. The number of esters is 1. The monoisotopic (exact) mass is 324 g/mol. The molecule has 1 rings (SSSR count). The zero-order chi connectivity index (χ0) is 17.4. The lowest BCUT2D eigenvalue weighted by molar-refractivity contribution is -0.385. The van der Waals surface area contributed by atoms with Crippen molar-refractivity contribution < 1.29 is 24.0 Å². The summed E-state index contributed by atoms with van der Waals surface area (Å²) >= 11 is 0. The van der Waals surface area contributed by atoms with Crippen LogP contribution in [0.5, 0.6) is 5.75 Å². The van der Waals surface area contributed by atoms with Gasteiger partial charge in [-0.2, -0.15) is 0 Å². The van der Waals surface area contributed by atoms with E-state index < -0.39 is 29.4 Å². The van der Waals surface area contributed by atoms with Gasteiger partial charge in [0, 0.05) is 6.07 Å². The van der Waals surface area contributed by atoms with Gasteiger partial charge < -0.3 is 14.8 Å². The van der Waals surface area contributed by atoms with Crippen molar-refractivity contribution >= 4 is 17.6 Å². The zero-order valence-electron chi connectivity index (χ0n) is 13.3. The maximum Gasteiger partial charge on any atom is 0.328 e. The highest BCUT2D eigenvalue weighted by Gasteiger charge is 2.27. The third-order valence-electron chi connectivity index (χ3n) is 3.41. The Labute approximate surface area is 133 Å². The largest absolute Gasteiger partial charge is 0.477 e. The third-order valence-corrected chi connectivity index (χ3v) is 3.41. The van der Waals surface area contributed by atoms with Gasteiger partial charge in [0.15, 0.2) is 12.4 Å². The van der Waals surface area contributed by atoms with Crippen LogP contribution < -0.4 is 10.1 Å². The summed E-state index contributed by atoms with van der Waals surface area (Å²) in [5, 5.41) is 13.4. The molecule has 1 aromatic carbocycles. The number of carbonyl (C=O) groups is 2. The first-order valence-electron chi connectivity index (χ1n) is 7.14. The van der Waals surface area contributed by atoms with Crippen LogP contribution in [0.4, 0.5) is 5.69 Å². The lowest BCUT2D eigenvalue weighted by atomic mass is 9.99. The summed E-state index contributed by atoms with van der Waals surface area (Å²) in [6.45, 7) is 3.26. The van der Waals surface area contributed by atoms with Gasteiger partial charge >= 0.3 is 11.7 Å². The highest BCUT2D eigenvalue weighted by Crippen LogP contribution is 2.25. The number of benzene rings is 1. The molecule has 0 bridgehead atoms. The molecule has 23 heavy (non-hydrogen) atoms. The minimum absolute atomic E-state index is 0.00851. The van der Waals surface area contributed by atoms with Crippen molar-refractivity contribution in [2.75, 3.05) is 13.7 Å². The van der Waals surface area contributed by atoms with E-state index in [2.05, 4.69) is 10.1 Å². The van der Waals surface area contributed by atoms with Crippen LogP contribution in [0.2, 0.25) is 0 Å². The fourth-order valence-corrected chi connectivity index (χ4v) is 1.88. The number of hydrogen-bond donors (Lipinski definition) is 1. The predicted octanol–water partition coefficient (Wildman–Crippen LogP) is 1.68. The van der Waals surface area contributed by atoms with Crippen LogP contribution in [0.3, 0.4) is 0 Å². The van der Waals surface area contributed by atoms with E-state index in [1.807, 2.05) is 13.8 Å². The Morgan fingerprint density at radius 3 is 2.57 bits per heavy atom. The van der Waals surface area contributed by atoms with E-state index in [9.17, 15) is 19.7 Å². The molecule has 0 heterocycles. The lowest BCUT2D eigenvalue weighted by Gasteiger charge is -2.21. The van der Waals surface area contributed by atoms with Gasteiger partial charge in [0.05, 0.1) is 12.0 Å². The van der Waals surface area contributed by atoms with Crippen LogP contribution >= 0.6 is 0 Å². The molecule has 1 amide bonds. The molecule has 0 aliphatic carbocycles. The van der Waals surface area contributed by atoms with Crippen molar-refractivity contribution in [2.24, 2.45) is 5.92 Å². The van der Waals surface area contributed by atoms with E-state index in [1.54, 1.807) is 6.07 Å². The molecule has 0 saturated carbocycles. The number of para-hydroxylation sites is 2. The van der Waals surface area contributed by atoms with E-state index >= 15 is 0 Å². The molecule has 0 spiro atoms. The molecule has 0 aromatic heterocycles. The first kappa shape index (κ1) is 18.4. The van der Waals surface area contributed by atoms with Gasteiger partial charge in [0.1, 0.15) is 6.04 Å². The van der Waals surface area contributed by atoms with Gasteiger partial charge in [0.2, 0.25) is 0 Å². The second-order valence-electron chi connectivity index (χ2n) is 4.97. The standard InChI is InChI=1S/C15H20N2O6/c1-4-10(2)14(15(19)22-3)16-13(18)9-23-12-8-6-5-7-11(12)17(20)21/h5-8,10,14H,4,9H2,1-3H3,(H,16,18)/t10-,14-/m1/s1. The molecule has 0 fully saturated rings. The van der Waals surface area contributed by atoms with Crippen molar-refractivity contribution in [1.82, 2.24) is 5.32 Å². The molecule has 2 atom stereocenters. The van der Waals surface area contributed by atoms with E-state index in [0.717, 1.165) is 0 Å². The Kier molecular flexibility index (Phi) is 6.98. The Morgan fingerprint density at radius 1 is 1.35 bits per heavy atom. The van der Waals surface area contributed by atoms with Crippen molar-refractivity contribution in [3.63, 3.8) is 0 Å². The molecule has 0 saturated heterocycles. The summed E-state index contributed by atoms with van der Waals surface area (Å²) < 4.78 is 9.85. The van der Waals surface area contributed by atoms with E-state index in [0.29, 0.717) is 6.42 Å². The third kappa shape index (κ3) is 5.24. The van der Waals surface area contributed by atoms with Crippen LogP contribution in [0.1, 0.15) is 20.3 Å². The van der Waals surface area contributed by atoms with Crippen molar-refractivity contribution in [3.8, 4) is 5.75 Å². The van der Waals surface area contributed by atoms with Gasteiger partial charge in [0.25, 0.3) is 5.91 Å². The minimum atomic E-state index is -0.785. The van der Waals surface area contributed by atoms with Crippen molar-refractivity contribution in [1.29, 1.82) is 0 Å². The molecule has 1 aromatic rings. The zero-order valence-corrected chi connectivity index (χ0v) is 13.3.